The van der Waals surface area contributed by atoms with E-state index in [1.54, 1.807) is 0 Å². The summed E-state index contributed by atoms with van der Waals surface area (Å²) < 4.78 is 16.7. The lowest BCUT2D eigenvalue weighted by molar-refractivity contribution is 0.298. The zero-order valence-corrected chi connectivity index (χ0v) is 12.9. The second-order valence-electron chi connectivity index (χ2n) is 3.67. The molecule has 1 fully saturated rings. The number of hydrogen-bond acceptors (Lipinski definition) is 3. The second-order valence-corrected chi connectivity index (χ2v) is 10.9. The Morgan fingerprint density at radius 3 is 2.29 bits per heavy atom. The zero-order valence-electron chi connectivity index (χ0n) is 9.08. The molecule has 1 aliphatic heterocycles. The van der Waals surface area contributed by atoms with Crippen molar-refractivity contribution >= 4 is 28.6 Å². The Hall–Kier alpha value is 0.461. The van der Waals surface area contributed by atoms with Crippen LogP contribution in [-0.2, 0) is 12.3 Å². The summed E-state index contributed by atoms with van der Waals surface area (Å²) in [6.45, 7) is 4.43. The highest BCUT2D eigenvalue weighted by Gasteiger charge is 2.32. The zero-order chi connectivity index (χ0) is 9.57. The van der Waals surface area contributed by atoms with Crippen LogP contribution in [0.25, 0.3) is 0 Å². The molecular formula is C7H21FO3Si3. The Morgan fingerprint density at radius 1 is 1.07 bits per heavy atom. The summed E-state index contributed by atoms with van der Waals surface area (Å²) in [6, 6.07) is 1.18. The van der Waals surface area contributed by atoms with Crippen LogP contribution >= 0.6 is 0 Å². The molecule has 0 aromatic rings. The molecule has 0 aromatic heterocycles. The first-order valence-electron chi connectivity index (χ1n) is 5.12. The number of rotatable bonds is 5. The minimum atomic E-state index is -1.69. The van der Waals surface area contributed by atoms with Crippen LogP contribution in [0.2, 0.25) is 12.6 Å². The average Bonchev–Trinajstić information content (AvgIpc) is 2.14. The largest absolute Gasteiger partial charge is 0.425 e. The molecular weight excluding hydrogens is 235 g/mol. The normalized spacial score (nSPS) is 30.4. The van der Waals surface area contributed by atoms with Gasteiger partial charge in [-0.15, -0.1) is 0 Å². The molecule has 7 heteroatoms. The lowest BCUT2D eigenvalue weighted by atomic mass is 10.2. The molecule has 0 unspecified atom stereocenters. The molecule has 1 aliphatic rings. The Bertz CT molecular complexity index is 144. The molecule has 0 spiro atoms. The molecule has 86 valence electrons. The summed E-state index contributed by atoms with van der Waals surface area (Å²) in [4.78, 5) is 0. The van der Waals surface area contributed by atoms with Gasteiger partial charge in [0.15, 0.2) is 0 Å². The van der Waals surface area contributed by atoms with Gasteiger partial charge >= 0.3 is 8.56 Å². The van der Waals surface area contributed by atoms with Crippen LogP contribution in [0.1, 0.15) is 32.6 Å². The van der Waals surface area contributed by atoms with Crippen molar-refractivity contribution in [2.75, 3.05) is 0 Å². The third-order valence-corrected chi connectivity index (χ3v) is 10.8. The van der Waals surface area contributed by atoms with Crippen LogP contribution in [0.15, 0.2) is 0 Å². The van der Waals surface area contributed by atoms with Crippen LogP contribution in [0, 0.1) is 0 Å². The fourth-order valence-electron chi connectivity index (χ4n) is 1.43. The van der Waals surface area contributed by atoms with E-state index in [1.807, 2.05) is 0 Å². The predicted octanol–water partition coefficient (Wildman–Crippen LogP) is 0.852. The van der Waals surface area contributed by atoms with Crippen molar-refractivity contribution in [3.63, 3.8) is 0 Å². The summed E-state index contributed by atoms with van der Waals surface area (Å²) in [6.07, 6.45) is 5.25. The van der Waals surface area contributed by atoms with Gasteiger partial charge in [0.05, 0.1) is 0 Å². The topological polar surface area (TPSA) is 27.7 Å². The van der Waals surface area contributed by atoms with E-state index in [0.29, 0.717) is 0 Å². The molecule has 1 saturated heterocycles. The summed E-state index contributed by atoms with van der Waals surface area (Å²) in [7, 11) is -2.96. The quantitative estimate of drug-likeness (QED) is 0.539. The third-order valence-electron chi connectivity index (χ3n) is 2.38. The molecule has 1 heterocycles. The molecule has 3 nitrogen and oxygen atoms in total. The van der Waals surface area contributed by atoms with Gasteiger partial charge in [-0.2, -0.15) is 0 Å². The molecule has 0 bridgehead atoms. The van der Waals surface area contributed by atoms with E-state index >= 15 is 0 Å². The minimum absolute atomic E-state index is 0. The minimum Gasteiger partial charge on any atom is -0.425 e. The highest BCUT2D eigenvalue weighted by molar-refractivity contribution is 6.75. The van der Waals surface area contributed by atoms with Crippen LogP contribution in [0.3, 0.4) is 0 Å². The van der Waals surface area contributed by atoms with Crippen LogP contribution in [0.4, 0.5) is 4.70 Å². The maximum absolute atomic E-state index is 5.71. The van der Waals surface area contributed by atoms with E-state index in [0.717, 1.165) is 0 Å². The van der Waals surface area contributed by atoms with Gasteiger partial charge in [0, 0.05) is 0 Å². The third kappa shape index (κ3) is 5.37. The highest BCUT2D eigenvalue weighted by atomic mass is 28.5. The maximum atomic E-state index is 5.71. The molecule has 1 rings (SSSR count). The van der Waals surface area contributed by atoms with E-state index in [4.69, 9.17) is 12.3 Å². The van der Waals surface area contributed by atoms with Gasteiger partial charge in [0.2, 0.25) is 0 Å². The highest BCUT2D eigenvalue weighted by Crippen LogP contribution is 2.19. The molecule has 0 aliphatic carbocycles. The average molecular weight is 256 g/mol. The summed E-state index contributed by atoms with van der Waals surface area (Å²) in [5.74, 6) is 0. The van der Waals surface area contributed by atoms with E-state index in [-0.39, 0.29) is 4.70 Å². The second kappa shape index (κ2) is 7.71. The first kappa shape index (κ1) is 14.5. The van der Waals surface area contributed by atoms with Gasteiger partial charge in [-0.3, -0.25) is 4.70 Å². The Labute approximate surface area is 91.3 Å². The van der Waals surface area contributed by atoms with E-state index in [1.165, 1.54) is 31.7 Å². The number of unbranched alkanes of at least 4 members (excludes halogenated alkanes) is 3. The SMILES string of the molecule is CCCCCC[Si]1(C)O[SiH2]O[SiH2]O1.F. The lowest BCUT2D eigenvalue weighted by Crippen LogP contribution is -2.46. The fraction of sp³-hybridized carbons (Fsp3) is 1.00. The fourth-order valence-corrected chi connectivity index (χ4v) is 8.99. The predicted molar refractivity (Wildman–Crippen MR) is 63.4 cm³/mol. The van der Waals surface area contributed by atoms with Crippen LogP contribution in [-0.4, -0.2) is 28.6 Å². The van der Waals surface area contributed by atoms with Gasteiger partial charge in [-0.05, 0) is 12.6 Å². The van der Waals surface area contributed by atoms with Crippen LogP contribution in [0.5, 0.6) is 0 Å². The van der Waals surface area contributed by atoms with E-state index < -0.39 is 28.6 Å². The van der Waals surface area contributed by atoms with E-state index in [9.17, 15) is 0 Å². The molecule has 0 atom stereocenters. The van der Waals surface area contributed by atoms with Crippen molar-refractivity contribution in [1.82, 2.24) is 0 Å². The summed E-state index contributed by atoms with van der Waals surface area (Å²) in [5.41, 5.74) is 0. The van der Waals surface area contributed by atoms with Crippen molar-refractivity contribution in [3.8, 4) is 0 Å². The van der Waals surface area contributed by atoms with E-state index in [2.05, 4.69) is 13.5 Å². The summed E-state index contributed by atoms with van der Waals surface area (Å²) in [5, 5.41) is 0. The van der Waals surface area contributed by atoms with Crippen molar-refractivity contribution < 1.29 is 17.0 Å². The number of halogens is 1. The molecule has 0 N–H and O–H groups in total. The first-order chi connectivity index (χ1) is 6.27. The van der Waals surface area contributed by atoms with Crippen molar-refractivity contribution in [2.24, 2.45) is 0 Å². The molecule has 14 heavy (non-hydrogen) atoms. The maximum Gasteiger partial charge on any atom is 0.316 e. The van der Waals surface area contributed by atoms with Gasteiger partial charge in [0.1, 0.15) is 0 Å². The molecule has 0 amide bonds. The Kier molecular flexibility index (Phi) is 7.97. The van der Waals surface area contributed by atoms with Crippen molar-refractivity contribution in [3.05, 3.63) is 0 Å². The van der Waals surface area contributed by atoms with Gasteiger partial charge in [-0.1, -0.05) is 32.6 Å². The Balaban J connectivity index is 0.00000169. The summed E-state index contributed by atoms with van der Waals surface area (Å²) >= 11 is 0. The van der Waals surface area contributed by atoms with Gasteiger partial charge in [-0.25, -0.2) is 0 Å². The first-order valence-corrected chi connectivity index (χ1v) is 9.96. The standard InChI is InChI=1S/C7H20O3Si3.FH/c1-3-4-5-6-7-13(2)9-11-8-12-10-13;/h3-7,11-12H2,1-2H3;1H. The van der Waals surface area contributed by atoms with Crippen molar-refractivity contribution in [2.45, 2.75) is 45.2 Å². The molecule has 0 radical (unpaired) electrons. The smallest absolute Gasteiger partial charge is 0.316 e. The molecule has 0 aromatic carbocycles. The van der Waals surface area contributed by atoms with Gasteiger partial charge in [0.25, 0.3) is 20.0 Å². The van der Waals surface area contributed by atoms with Crippen molar-refractivity contribution in [1.29, 1.82) is 0 Å². The Morgan fingerprint density at radius 2 is 1.71 bits per heavy atom. The monoisotopic (exact) mass is 256 g/mol. The molecule has 0 saturated carbocycles. The number of hydrogen-bond donors (Lipinski definition) is 0. The van der Waals surface area contributed by atoms with Gasteiger partial charge < -0.3 is 12.3 Å². The van der Waals surface area contributed by atoms with Crippen LogP contribution < -0.4 is 0 Å². The lowest BCUT2D eigenvalue weighted by Gasteiger charge is -2.31.